The molecule has 1 aliphatic rings. The van der Waals surface area contributed by atoms with Crippen LogP contribution in [0.4, 0.5) is 22.0 Å². The number of morpholine rings is 1. The van der Waals surface area contributed by atoms with E-state index in [0.717, 1.165) is 29.9 Å². The van der Waals surface area contributed by atoms with Gasteiger partial charge in [0.25, 0.3) is 0 Å². The van der Waals surface area contributed by atoms with E-state index in [1.165, 1.54) is 0 Å². The number of fused-ring (bicyclic) bond motifs is 1. The molecule has 2 aromatic carbocycles. The average molecular weight is 483 g/mol. The summed E-state index contributed by atoms with van der Waals surface area (Å²) >= 11 is 0. The third kappa shape index (κ3) is 5.16. The Morgan fingerprint density at radius 1 is 0.917 bits per heavy atom. The quantitative estimate of drug-likeness (QED) is 0.381. The normalized spacial score (nSPS) is 13.4. The minimum absolute atomic E-state index is 0.0642. The van der Waals surface area contributed by atoms with E-state index in [1.807, 2.05) is 31.2 Å². The fourth-order valence-corrected chi connectivity index (χ4v) is 4.03. The Bertz CT molecular complexity index is 1380. The molecule has 9 heteroatoms. The monoisotopic (exact) mass is 482 g/mol. The molecule has 4 aromatic rings. The molecular weight excluding hydrogens is 456 g/mol. The number of nitrogens with zero attached hydrogens (tertiary/aromatic N) is 4. The summed E-state index contributed by atoms with van der Waals surface area (Å²) in [7, 11) is 0. The van der Waals surface area contributed by atoms with E-state index < -0.39 is 0 Å². The molecule has 1 aliphatic heterocycles. The Balaban J connectivity index is 1.31. The van der Waals surface area contributed by atoms with E-state index >= 15 is 0 Å². The van der Waals surface area contributed by atoms with Crippen LogP contribution in [0.25, 0.3) is 22.4 Å². The minimum atomic E-state index is -0.377. The Morgan fingerprint density at radius 2 is 1.58 bits per heavy atom. The molecule has 0 aliphatic carbocycles. The first kappa shape index (κ1) is 23.4. The lowest BCUT2D eigenvalue weighted by Gasteiger charge is -2.28. The first-order chi connectivity index (χ1) is 17.6. The molecule has 0 spiro atoms. The van der Waals surface area contributed by atoms with Crippen LogP contribution >= 0.6 is 0 Å². The van der Waals surface area contributed by atoms with Crippen LogP contribution in [0.5, 0.6) is 0 Å². The number of hydrogen-bond acceptors (Lipinski definition) is 7. The number of anilines is 3. The van der Waals surface area contributed by atoms with Crippen molar-refractivity contribution in [2.75, 3.05) is 41.8 Å². The summed E-state index contributed by atoms with van der Waals surface area (Å²) in [6, 6.07) is 17.7. The molecular formula is C27H26N6O3. The maximum atomic E-state index is 12.4. The summed E-state index contributed by atoms with van der Waals surface area (Å²) in [6.45, 7) is 4.65. The lowest BCUT2D eigenvalue weighted by atomic mass is 10.1. The van der Waals surface area contributed by atoms with Crippen molar-refractivity contribution in [2.45, 2.75) is 13.3 Å². The second-order valence-corrected chi connectivity index (χ2v) is 8.36. The van der Waals surface area contributed by atoms with Gasteiger partial charge in [-0.1, -0.05) is 6.92 Å². The van der Waals surface area contributed by atoms with Crippen LogP contribution in [0, 0.1) is 0 Å². The zero-order valence-electron chi connectivity index (χ0n) is 19.9. The van der Waals surface area contributed by atoms with Crippen LogP contribution in [0.1, 0.15) is 23.7 Å². The number of benzene rings is 2. The number of ether oxygens (including phenoxy) is 1. The van der Waals surface area contributed by atoms with Gasteiger partial charge in [-0.05, 0) is 60.7 Å². The minimum Gasteiger partial charge on any atom is -0.378 e. The highest BCUT2D eigenvalue weighted by molar-refractivity contribution is 6.01. The predicted octanol–water partition coefficient (Wildman–Crippen LogP) is 4.77. The third-order valence-electron chi connectivity index (χ3n) is 5.95. The van der Waals surface area contributed by atoms with Gasteiger partial charge in [0.2, 0.25) is 0 Å². The van der Waals surface area contributed by atoms with Crippen LogP contribution < -0.4 is 15.5 Å². The molecule has 0 saturated carbocycles. The van der Waals surface area contributed by atoms with Gasteiger partial charge in [-0.25, -0.2) is 19.7 Å². The summed E-state index contributed by atoms with van der Waals surface area (Å²) in [6.07, 6.45) is 2.17. The zero-order chi connectivity index (χ0) is 24.9. The number of hydrogen-bond donors (Lipinski definition) is 2. The number of rotatable bonds is 6. The smallest absolute Gasteiger partial charge is 0.323 e. The van der Waals surface area contributed by atoms with Crippen molar-refractivity contribution in [3.8, 4) is 11.4 Å². The number of amides is 2. The van der Waals surface area contributed by atoms with Gasteiger partial charge < -0.3 is 20.3 Å². The molecule has 5 rings (SSSR count). The molecule has 2 amide bonds. The second-order valence-electron chi connectivity index (χ2n) is 8.36. The van der Waals surface area contributed by atoms with Crippen LogP contribution in [-0.4, -0.2) is 53.1 Å². The molecule has 0 bridgehead atoms. The van der Waals surface area contributed by atoms with Gasteiger partial charge in [0, 0.05) is 48.2 Å². The van der Waals surface area contributed by atoms with Crippen molar-refractivity contribution in [3.05, 3.63) is 72.4 Å². The molecule has 1 fully saturated rings. The predicted molar refractivity (Wildman–Crippen MR) is 140 cm³/mol. The fourth-order valence-electron chi connectivity index (χ4n) is 4.03. The van der Waals surface area contributed by atoms with E-state index in [1.54, 1.807) is 42.6 Å². The van der Waals surface area contributed by atoms with Crippen molar-refractivity contribution >= 4 is 40.0 Å². The molecule has 0 unspecified atom stereocenters. The van der Waals surface area contributed by atoms with Gasteiger partial charge >= 0.3 is 6.03 Å². The van der Waals surface area contributed by atoms with Crippen molar-refractivity contribution in [1.82, 2.24) is 15.0 Å². The van der Waals surface area contributed by atoms with Gasteiger partial charge in [-0.15, -0.1) is 0 Å². The summed E-state index contributed by atoms with van der Waals surface area (Å²) in [5, 5.41) is 6.50. The average Bonchev–Trinajstić information content (AvgIpc) is 2.93. The van der Waals surface area contributed by atoms with Crippen LogP contribution in [0.2, 0.25) is 0 Å². The molecule has 0 atom stereocenters. The maximum absolute atomic E-state index is 12.4. The Hall–Kier alpha value is -4.37. The third-order valence-corrected chi connectivity index (χ3v) is 5.95. The highest BCUT2D eigenvalue weighted by Gasteiger charge is 2.18. The number of carbonyl (C=O) groups excluding carboxylic acids is 2. The summed E-state index contributed by atoms with van der Waals surface area (Å²) in [4.78, 5) is 40.4. The molecule has 9 nitrogen and oxygen atoms in total. The van der Waals surface area contributed by atoms with E-state index in [9.17, 15) is 9.59 Å². The number of pyridine rings is 1. The van der Waals surface area contributed by atoms with E-state index in [2.05, 4.69) is 25.5 Å². The Morgan fingerprint density at radius 3 is 2.25 bits per heavy atom. The van der Waals surface area contributed by atoms with Gasteiger partial charge in [0.15, 0.2) is 17.3 Å². The fraction of sp³-hybridized carbons (Fsp3) is 0.222. The molecule has 36 heavy (non-hydrogen) atoms. The van der Waals surface area contributed by atoms with Crippen LogP contribution in [0.3, 0.4) is 0 Å². The number of ketones is 1. The number of Topliss-reactive ketones (excluding diaryl/α,β-unsaturated/α-hetero) is 1. The number of aromatic nitrogens is 3. The first-order valence-electron chi connectivity index (χ1n) is 11.9. The molecule has 2 N–H and O–H groups in total. The van der Waals surface area contributed by atoms with E-state index in [4.69, 9.17) is 9.72 Å². The van der Waals surface area contributed by atoms with E-state index in [0.29, 0.717) is 48.0 Å². The summed E-state index contributed by atoms with van der Waals surface area (Å²) < 4.78 is 5.50. The summed E-state index contributed by atoms with van der Waals surface area (Å²) in [5.41, 5.74) is 3.31. The highest BCUT2D eigenvalue weighted by Crippen LogP contribution is 2.27. The zero-order valence-corrected chi connectivity index (χ0v) is 19.9. The van der Waals surface area contributed by atoms with Gasteiger partial charge in [-0.3, -0.25) is 4.79 Å². The SMILES string of the molecule is CCC(=O)c1ccc(NC(=O)Nc2ccc(-c3nc(N4CCOCC4)c4cccnc4n3)cc2)cc1. The standard InChI is InChI=1S/C27H26N6O3/c1-2-23(34)18-5-9-20(10-6-18)29-27(35)30-21-11-7-19(8-12-21)24-31-25-22(4-3-13-28-25)26(32-24)33-14-16-36-17-15-33/h3-13H,2,14-17H2,1H3,(H2,29,30,35). The van der Waals surface area contributed by atoms with Crippen molar-refractivity contribution in [2.24, 2.45) is 0 Å². The Labute approximate surface area is 208 Å². The van der Waals surface area contributed by atoms with E-state index in [-0.39, 0.29) is 11.8 Å². The molecule has 0 radical (unpaired) electrons. The lowest BCUT2D eigenvalue weighted by molar-refractivity contribution is 0.0988. The lowest BCUT2D eigenvalue weighted by Crippen LogP contribution is -2.37. The van der Waals surface area contributed by atoms with Crippen molar-refractivity contribution < 1.29 is 14.3 Å². The largest absolute Gasteiger partial charge is 0.378 e. The first-order valence-corrected chi connectivity index (χ1v) is 11.9. The molecule has 1 saturated heterocycles. The maximum Gasteiger partial charge on any atom is 0.323 e. The number of nitrogens with one attached hydrogen (secondary N) is 2. The van der Waals surface area contributed by atoms with Crippen LogP contribution in [-0.2, 0) is 4.74 Å². The Kier molecular flexibility index (Phi) is 6.81. The van der Waals surface area contributed by atoms with Crippen molar-refractivity contribution in [3.63, 3.8) is 0 Å². The van der Waals surface area contributed by atoms with Gasteiger partial charge in [0.05, 0.1) is 18.6 Å². The summed E-state index contributed by atoms with van der Waals surface area (Å²) in [5.74, 6) is 1.48. The van der Waals surface area contributed by atoms with Crippen molar-refractivity contribution in [1.29, 1.82) is 0 Å². The van der Waals surface area contributed by atoms with Crippen LogP contribution in [0.15, 0.2) is 66.9 Å². The highest BCUT2D eigenvalue weighted by atomic mass is 16.5. The van der Waals surface area contributed by atoms with Gasteiger partial charge in [0.1, 0.15) is 5.82 Å². The van der Waals surface area contributed by atoms with Gasteiger partial charge in [-0.2, -0.15) is 0 Å². The molecule has 2 aromatic heterocycles. The topological polar surface area (TPSA) is 109 Å². The molecule has 3 heterocycles. The number of urea groups is 1. The molecule has 182 valence electrons. The number of carbonyl (C=O) groups is 2. The second kappa shape index (κ2) is 10.5.